The van der Waals surface area contributed by atoms with Gasteiger partial charge in [-0.1, -0.05) is 18.2 Å². The molecule has 1 aromatic heterocycles. The Bertz CT molecular complexity index is 727. The predicted molar refractivity (Wildman–Crippen MR) is 83.0 cm³/mol. The summed E-state index contributed by atoms with van der Waals surface area (Å²) in [7, 11) is 1.58. The zero-order valence-corrected chi connectivity index (χ0v) is 12.9. The summed E-state index contributed by atoms with van der Waals surface area (Å²) in [4.78, 5) is 25.3. The quantitative estimate of drug-likeness (QED) is 0.864. The Hall–Kier alpha value is -2.41. The molecule has 1 aromatic carbocycles. The van der Waals surface area contributed by atoms with Gasteiger partial charge in [0.15, 0.2) is 0 Å². The van der Waals surface area contributed by atoms with E-state index in [0.717, 1.165) is 16.6 Å². The van der Waals surface area contributed by atoms with E-state index in [1.807, 2.05) is 24.3 Å². The molecule has 7 heteroatoms. The molecular formula is C16H19N3O4. The average Bonchev–Trinajstić information content (AvgIpc) is 3.11. The summed E-state index contributed by atoms with van der Waals surface area (Å²) in [6.45, 7) is 0.430. The fourth-order valence-electron chi connectivity index (χ4n) is 3.15. The van der Waals surface area contributed by atoms with E-state index in [1.54, 1.807) is 12.0 Å². The summed E-state index contributed by atoms with van der Waals surface area (Å²) in [5, 5.41) is 17.0. The lowest BCUT2D eigenvalue weighted by atomic mass is 10.1. The van der Waals surface area contributed by atoms with E-state index >= 15 is 0 Å². The highest BCUT2D eigenvalue weighted by molar-refractivity contribution is 5.87. The van der Waals surface area contributed by atoms with Crippen LogP contribution in [0.2, 0.25) is 0 Å². The zero-order valence-electron chi connectivity index (χ0n) is 12.9. The normalized spacial score (nSPS) is 21.0. The van der Waals surface area contributed by atoms with Crippen LogP contribution in [0.4, 0.5) is 0 Å². The second-order valence-electron chi connectivity index (χ2n) is 5.79. The molecule has 2 atom stereocenters. The minimum absolute atomic E-state index is 0.0602. The molecule has 0 bridgehead atoms. The Kier molecular flexibility index (Phi) is 4.29. The molecule has 2 aromatic rings. The largest absolute Gasteiger partial charge is 0.481 e. The molecule has 3 rings (SSSR count). The summed E-state index contributed by atoms with van der Waals surface area (Å²) < 4.78 is 5.30. The van der Waals surface area contributed by atoms with Crippen LogP contribution in [-0.2, 0) is 20.7 Å². The molecule has 0 radical (unpaired) electrons. The number of aromatic amines is 1. The molecule has 2 N–H and O–H groups in total. The lowest BCUT2D eigenvalue weighted by molar-refractivity contribution is -0.139. The average molecular weight is 317 g/mol. The Morgan fingerprint density at radius 1 is 1.43 bits per heavy atom. The number of H-pyrrole nitrogens is 1. The van der Waals surface area contributed by atoms with E-state index < -0.39 is 5.97 Å². The fraction of sp³-hybridized carbons (Fsp3) is 0.438. The Balaban J connectivity index is 1.77. The molecule has 7 nitrogen and oxygen atoms in total. The number of hydrogen-bond acceptors (Lipinski definition) is 4. The van der Waals surface area contributed by atoms with Crippen LogP contribution in [0.15, 0.2) is 24.3 Å². The minimum Gasteiger partial charge on any atom is -0.481 e. The van der Waals surface area contributed by atoms with Crippen LogP contribution < -0.4 is 0 Å². The number of aliphatic carboxylic acids is 1. The van der Waals surface area contributed by atoms with Crippen molar-refractivity contribution in [3.63, 3.8) is 0 Å². The number of methoxy groups -OCH3 is 1. The number of ether oxygens (including phenoxy) is 1. The number of carbonyl (C=O) groups is 2. The van der Waals surface area contributed by atoms with Gasteiger partial charge in [-0.15, -0.1) is 0 Å². The molecule has 1 aliphatic heterocycles. The van der Waals surface area contributed by atoms with Gasteiger partial charge in [-0.2, -0.15) is 5.10 Å². The summed E-state index contributed by atoms with van der Waals surface area (Å²) in [6, 6.07) is 7.26. The molecule has 2 unspecified atom stereocenters. The van der Waals surface area contributed by atoms with Gasteiger partial charge in [-0.25, -0.2) is 0 Å². The van der Waals surface area contributed by atoms with Gasteiger partial charge in [0.05, 0.1) is 30.2 Å². The summed E-state index contributed by atoms with van der Waals surface area (Å²) in [5.41, 5.74) is 1.56. The van der Waals surface area contributed by atoms with Crippen molar-refractivity contribution in [2.45, 2.75) is 31.4 Å². The van der Waals surface area contributed by atoms with Gasteiger partial charge in [0.1, 0.15) is 0 Å². The van der Waals surface area contributed by atoms with Crippen LogP contribution in [0.5, 0.6) is 0 Å². The molecule has 23 heavy (non-hydrogen) atoms. The second-order valence-corrected chi connectivity index (χ2v) is 5.79. The first-order valence-corrected chi connectivity index (χ1v) is 7.54. The highest BCUT2D eigenvalue weighted by Gasteiger charge is 2.36. The summed E-state index contributed by atoms with van der Waals surface area (Å²) in [6.07, 6.45) is 0.558. The van der Waals surface area contributed by atoms with E-state index in [1.165, 1.54) is 0 Å². The highest BCUT2D eigenvalue weighted by Crippen LogP contribution is 2.24. The van der Waals surface area contributed by atoms with Crippen LogP contribution in [0.3, 0.4) is 0 Å². The summed E-state index contributed by atoms with van der Waals surface area (Å²) >= 11 is 0. The zero-order chi connectivity index (χ0) is 16.4. The lowest BCUT2D eigenvalue weighted by Crippen LogP contribution is -2.38. The van der Waals surface area contributed by atoms with Crippen LogP contribution in [0.1, 0.15) is 18.5 Å². The molecule has 1 aliphatic rings. The predicted octanol–water partition coefficient (Wildman–Crippen LogP) is 1.20. The number of benzene rings is 1. The third-order valence-corrected chi connectivity index (χ3v) is 4.31. The SMILES string of the molecule is COC1CC(CC(=O)O)N(C(=O)Cc2[nH]nc3ccccc23)C1. The van der Waals surface area contributed by atoms with E-state index in [2.05, 4.69) is 10.2 Å². The number of amides is 1. The molecule has 122 valence electrons. The van der Waals surface area contributed by atoms with Crippen molar-refractivity contribution in [1.82, 2.24) is 15.1 Å². The standard InChI is InChI=1S/C16H19N3O4/c1-23-11-6-10(7-16(21)22)19(9-11)15(20)8-14-12-4-2-3-5-13(12)17-18-14/h2-5,10-11H,6-9H2,1H3,(H,17,18)(H,21,22). The van der Waals surface area contributed by atoms with E-state index in [4.69, 9.17) is 9.84 Å². The summed E-state index contributed by atoms with van der Waals surface area (Å²) in [5.74, 6) is -1.01. The molecule has 1 fully saturated rings. The van der Waals surface area contributed by atoms with E-state index in [0.29, 0.717) is 13.0 Å². The number of rotatable bonds is 5. The number of nitrogens with zero attached hydrogens (tertiary/aromatic N) is 2. The number of carboxylic acid groups (broad SMARTS) is 1. The smallest absolute Gasteiger partial charge is 0.305 e. The lowest BCUT2D eigenvalue weighted by Gasteiger charge is -2.23. The Morgan fingerprint density at radius 3 is 2.96 bits per heavy atom. The molecule has 0 saturated carbocycles. The van der Waals surface area contributed by atoms with Crippen molar-refractivity contribution in [3.8, 4) is 0 Å². The second kappa shape index (κ2) is 6.37. The number of carboxylic acids is 1. The molecule has 0 aliphatic carbocycles. The molecule has 2 heterocycles. The van der Waals surface area contributed by atoms with Gasteiger partial charge in [0.25, 0.3) is 0 Å². The first-order chi connectivity index (χ1) is 11.1. The van der Waals surface area contributed by atoms with Gasteiger partial charge in [-0.3, -0.25) is 14.7 Å². The number of nitrogens with one attached hydrogen (secondary N) is 1. The van der Waals surface area contributed by atoms with Crippen LogP contribution >= 0.6 is 0 Å². The first kappa shape index (κ1) is 15.5. The van der Waals surface area contributed by atoms with Crippen LogP contribution in [0.25, 0.3) is 10.9 Å². The Labute approximate surface area is 133 Å². The first-order valence-electron chi connectivity index (χ1n) is 7.54. The van der Waals surface area contributed by atoms with Gasteiger partial charge >= 0.3 is 5.97 Å². The van der Waals surface area contributed by atoms with Crippen molar-refractivity contribution in [2.75, 3.05) is 13.7 Å². The maximum absolute atomic E-state index is 12.6. The monoisotopic (exact) mass is 317 g/mol. The maximum Gasteiger partial charge on any atom is 0.305 e. The number of hydrogen-bond donors (Lipinski definition) is 2. The molecule has 1 saturated heterocycles. The molecule has 0 spiro atoms. The Morgan fingerprint density at radius 2 is 2.22 bits per heavy atom. The third-order valence-electron chi connectivity index (χ3n) is 4.31. The molecular weight excluding hydrogens is 298 g/mol. The minimum atomic E-state index is -0.906. The maximum atomic E-state index is 12.6. The van der Waals surface area contributed by atoms with Crippen molar-refractivity contribution in [2.24, 2.45) is 0 Å². The topological polar surface area (TPSA) is 95.5 Å². The van der Waals surface area contributed by atoms with Crippen molar-refractivity contribution >= 4 is 22.8 Å². The fourth-order valence-corrected chi connectivity index (χ4v) is 3.15. The van der Waals surface area contributed by atoms with Crippen molar-refractivity contribution < 1.29 is 19.4 Å². The number of para-hydroxylation sites is 1. The van der Waals surface area contributed by atoms with Gasteiger partial charge < -0.3 is 14.7 Å². The van der Waals surface area contributed by atoms with Crippen molar-refractivity contribution in [3.05, 3.63) is 30.0 Å². The van der Waals surface area contributed by atoms with Crippen molar-refractivity contribution in [1.29, 1.82) is 0 Å². The van der Waals surface area contributed by atoms with Crippen LogP contribution in [0, 0.1) is 0 Å². The highest BCUT2D eigenvalue weighted by atomic mass is 16.5. The number of aromatic nitrogens is 2. The van der Waals surface area contributed by atoms with E-state index in [9.17, 15) is 9.59 Å². The van der Waals surface area contributed by atoms with Gasteiger partial charge in [0, 0.05) is 25.1 Å². The number of likely N-dealkylation sites (tertiary alicyclic amines) is 1. The van der Waals surface area contributed by atoms with Crippen LogP contribution in [-0.4, -0.2) is 57.9 Å². The van der Waals surface area contributed by atoms with E-state index in [-0.39, 0.29) is 30.9 Å². The number of carbonyl (C=O) groups excluding carboxylic acids is 1. The van der Waals surface area contributed by atoms with Gasteiger partial charge in [0.2, 0.25) is 5.91 Å². The van der Waals surface area contributed by atoms with Gasteiger partial charge in [-0.05, 0) is 12.5 Å². The number of fused-ring (bicyclic) bond motifs is 1. The third kappa shape index (κ3) is 3.19. The molecule has 1 amide bonds.